The molecular formula is C13H17ClO. The Bertz CT molecular complexity index is 356. The van der Waals surface area contributed by atoms with Gasteiger partial charge in [-0.05, 0) is 30.0 Å². The van der Waals surface area contributed by atoms with Gasteiger partial charge >= 0.3 is 0 Å². The molecule has 0 heterocycles. The van der Waals surface area contributed by atoms with E-state index in [1.54, 1.807) is 0 Å². The van der Waals surface area contributed by atoms with Gasteiger partial charge in [0, 0.05) is 12.0 Å². The lowest BCUT2D eigenvalue weighted by Gasteiger charge is -2.07. The first-order valence-electron chi connectivity index (χ1n) is 5.36. The van der Waals surface area contributed by atoms with E-state index >= 15 is 0 Å². The Balaban J connectivity index is 2.93. The van der Waals surface area contributed by atoms with Crippen molar-refractivity contribution in [2.45, 2.75) is 33.6 Å². The van der Waals surface area contributed by atoms with Gasteiger partial charge in [-0.15, -0.1) is 0 Å². The van der Waals surface area contributed by atoms with Crippen molar-refractivity contribution in [3.63, 3.8) is 0 Å². The summed E-state index contributed by atoms with van der Waals surface area (Å²) in [7, 11) is 0. The van der Waals surface area contributed by atoms with Gasteiger partial charge < -0.3 is 0 Å². The molecule has 1 aromatic carbocycles. The molecule has 0 aliphatic carbocycles. The molecule has 0 aromatic heterocycles. The number of Topliss-reactive ketones (excluding diaryl/α,β-unsaturated/α-hetero) is 1. The highest BCUT2D eigenvalue weighted by Gasteiger charge is 2.09. The molecule has 0 saturated heterocycles. The summed E-state index contributed by atoms with van der Waals surface area (Å²) in [6.07, 6.45) is 1.50. The molecule has 1 nitrogen and oxygen atoms in total. The first-order chi connectivity index (χ1) is 7.04. The summed E-state index contributed by atoms with van der Waals surface area (Å²) in [4.78, 5) is 11.5. The number of ketones is 1. The van der Waals surface area contributed by atoms with Crippen LogP contribution >= 0.6 is 11.6 Å². The molecule has 0 fully saturated rings. The first-order valence-corrected chi connectivity index (χ1v) is 5.74. The monoisotopic (exact) mass is 224 g/mol. The molecule has 0 amide bonds. The summed E-state index contributed by atoms with van der Waals surface area (Å²) >= 11 is 6.07. The maximum atomic E-state index is 11.5. The molecule has 0 saturated carbocycles. The lowest BCUT2D eigenvalue weighted by Crippen LogP contribution is -2.00. The van der Waals surface area contributed by atoms with E-state index in [1.165, 1.54) is 5.56 Å². The van der Waals surface area contributed by atoms with Crippen molar-refractivity contribution in [3.8, 4) is 0 Å². The third-order valence-corrected chi connectivity index (χ3v) is 2.61. The summed E-state index contributed by atoms with van der Waals surface area (Å²) < 4.78 is 0. The minimum Gasteiger partial charge on any atom is -0.294 e. The summed E-state index contributed by atoms with van der Waals surface area (Å²) in [5, 5.41) is 0.583. The fraction of sp³-hybridized carbons (Fsp3) is 0.462. The zero-order chi connectivity index (χ0) is 11.4. The Morgan fingerprint density at radius 3 is 2.53 bits per heavy atom. The molecule has 82 valence electrons. The van der Waals surface area contributed by atoms with E-state index in [1.807, 2.05) is 25.1 Å². The largest absolute Gasteiger partial charge is 0.294 e. The van der Waals surface area contributed by atoms with Crippen molar-refractivity contribution in [2.24, 2.45) is 5.92 Å². The van der Waals surface area contributed by atoms with E-state index in [0.29, 0.717) is 22.9 Å². The normalized spacial score (nSPS) is 10.7. The fourth-order valence-electron chi connectivity index (χ4n) is 1.57. The van der Waals surface area contributed by atoms with E-state index < -0.39 is 0 Å². The molecule has 0 aliphatic heterocycles. The minimum atomic E-state index is 0.107. The summed E-state index contributed by atoms with van der Waals surface area (Å²) in [6, 6.07) is 5.74. The third kappa shape index (κ3) is 3.35. The lowest BCUT2D eigenvalue weighted by atomic mass is 10.00. The van der Waals surface area contributed by atoms with Gasteiger partial charge in [0.15, 0.2) is 5.78 Å². The molecule has 0 radical (unpaired) electrons. The quantitative estimate of drug-likeness (QED) is 0.703. The Morgan fingerprint density at radius 2 is 2.07 bits per heavy atom. The molecule has 15 heavy (non-hydrogen) atoms. The van der Waals surface area contributed by atoms with Crippen LogP contribution in [-0.2, 0) is 6.42 Å². The Labute approximate surface area is 96.5 Å². The van der Waals surface area contributed by atoms with Crippen LogP contribution in [0.3, 0.4) is 0 Å². The van der Waals surface area contributed by atoms with Crippen LogP contribution < -0.4 is 0 Å². The van der Waals surface area contributed by atoms with Crippen molar-refractivity contribution in [1.82, 2.24) is 0 Å². The van der Waals surface area contributed by atoms with Crippen LogP contribution in [0.25, 0.3) is 0 Å². The highest BCUT2D eigenvalue weighted by Crippen LogP contribution is 2.21. The van der Waals surface area contributed by atoms with Crippen LogP contribution in [0.1, 0.15) is 43.1 Å². The van der Waals surface area contributed by atoms with Gasteiger partial charge in [-0.1, -0.05) is 38.4 Å². The number of hydrogen-bond donors (Lipinski definition) is 0. The number of benzene rings is 1. The van der Waals surface area contributed by atoms with Crippen molar-refractivity contribution >= 4 is 17.4 Å². The number of carbonyl (C=O) groups is 1. The van der Waals surface area contributed by atoms with Gasteiger partial charge in [0.25, 0.3) is 0 Å². The highest BCUT2D eigenvalue weighted by atomic mass is 35.5. The Morgan fingerprint density at radius 1 is 1.40 bits per heavy atom. The number of rotatable bonds is 4. The standard InChI is InChI=1S/C13H17ClO/c1-4-13(15)11-6-5-10(7-9(2)3)8-12(11)14/h5-6,8-9H,4,7H2,1-3H3. The highest BCUT2D eigenvalue weighted by molar-refractivity contribution is 6.34. The van der Waals surface area contributed by atoms with E-state index in [0.717, 1.165) is 6.42 Å². The summed E-state index contributed by atoms with van der Waals surface area (Å²) in [6.45, 7) is 6.18. The second kappa shape index (κ2) is 5.32. The zero-order valence-corrected chi connectivity index (χ0v) is 10.3. The fourth-order valence-corrected chi connectivity index (χ4v) is 1.88. The van der Waals surface area contributed by atoms with Gasteiger partial charge in [0.05, 0.1) is 5.02 Å². The maximum absolute atomic E-state index is 11.5. The molecule has 2 heteroatoms. The maximum Gasteiger partial charge on any atom is 0.164 e. The average Bonchev–Trinajstić information content (AvgIpc) is 2.16. The SMILES string of the molecule is CCC(=O)c1ccc(CC(C)C)cc1Cl. The average molecular weight is 225 g/mol. The van der Waals surface area contributed by atoms with Gasteiger partial charge in [0.2, 0.25) is 0 Å². The van der Waals surface area contributed by atoms with Gasteiger partial charge in [0.1, 0.15) is 0 Å². The van der Waals surface area contributed by atoms with E-state index in [-0.39, 0.29) is 5.78 Å². The number of halogens is 1. The number of hydrogen-bond acceptors (Lipinski definition) is 1. The predicted octanol–water partition coefficient (Wildman–Crippen LogP) is 4.13. The van der Waals surface area contributed by atoms with Gasteiger partial charge in [-0.2, -0.15) is 0 Å². The summed E-state index contributed by atoms with van der Waals surface area (Å²) in [5.41, 5.74) is 1.84. The lowest BCUT2D eigenvalue weighted by molar-refractivity contribution is 0.0988. The van der Waals surface area contributed by atoms with Gasteiger partial charge in [-0.3, -0.25) is 4.79 Å². The predicted molar refractivity (Wildman–Crippen MR) is 64.6 cm³/mol. The van der Waals surface area contributed by atoms with E-state index in [2.05, 4.69) is 13.8 Å². The minimum absolute atomic E-state index is 0.107. The number of carbonyl (C=O) groups excluding carboxylic acids is 1. The van der Waals surface area contributed by atoms with Crippen LogP contribution in [0.2, 0.25) is 5.02 Å². The van der Waals surface area contributed by atoms with E-state index in [4.69, 9.17) is 11.6 Å². The topological polar surface area (TPSA) is 17.1 Å². The van der Waals surface area contributed by atoms with Crippen molar-refractivity contribution < 1.29 is 4.79 Å². The molecular weight excluding hydrogens is 208 g/mol. The molecule has 0 spiro atoms. The second-order valence-corrected chi connectivity index (χ2v) is 4.60. The van der Waals surface area contributed by atoms with Crippen molar-refractivity contribution in [3.05, 3.63) is 34.3 Å². The molecule has 1 rings (SSSR count). The molecule has 0 atom stereocenters. The van der Waals surface area contributed by atoms with Crippen LogP contribution in [0.15, 0.2) is 18.2 Å². The second-order valence-electron chi connectivity index (χ2n) is 4.19. The van der Waals surface area contributed by atoms with Crippen LogP contribution in [0.5, 0.6) is 0 Å². The van der Waals surface area contributed by atoms with Crippen LogP contribution in [-0.4, -0.2) is 5.78 Å². The van der Waals surface area contributed by atoms with Crippen LogP contribution in [0.4, 0.5) is 0 Å². The summed E-state index contributed by atoms with van der Waals surface area (Å²) in [5.74, 6) is 0.713. The first kappa shape index (κ1) is 12.3. The smallest absolute Gasteiger partial charge is 0.164 e. The molecule has 0 N–H and O–H groups in total. The van der Waals surface area contributed by atoms with Crippen molar-refractivity contribution in [1.29, 1.82) is 0 Å². The molecule has 0 unspecified atom stereocenters. The van der Waals surface area contributed by atoms with E-state index in [9.17, 15) is 4.79 Å². The molecule has 0 aliphatic rings. The Kier molecular flexibility index (Phi) is 4.34. The van der Waals surface area contributed by atoms with Crippen LogP contribution in [0, 0.1) is 5.92 Å². The third-order valence-electron chi connectivity index (χ3n) is 2.30. The molecule has 1 aromatic rings. The zero-order valence-electron chi connectivity index (χ0n) is 9.51. The van der Waals surface area contributed by atoms with Crippen molar-refractivity contribution in [2.75, 3.05) is 0 Å². The molecule has 0 bridgehead atoms. The Hall–Kier alpha value is -0.820. The van der Waals surface area contributed by atoms with Gasteiger partial charge in [-0.25, -0.2) is 0 Å².